The summed E-state index contributed by atoms with van der Waals surface area (Å²) in [6, 6.07) is 27.5. The summed E-state index contributed by atoms with van der Waals surface area (Å²) in [6.45, 7) is 5.38. The first-order valence-corrected chi connectivity index (χ1v) is 14.3. The molecule has 0 heterocycles. The summed E-state index contributed by atoms with van der Waals surface area (Å²) in [5, 5.41) is 18.9. The third-order valence-electron chi connectivity index (χ3n) is 6.49. The number of non-ortho nitro benzene ring substituents is 1. The van der Waals surface area contributed by atoms with Gasteiger partial charge in [0, 0.05) is 34.0 Å². The van der Waals surface area contributed by atoms with Gasteiger partial charge in [0.2, 0.25) is 5.91 Å². The molecule has 0 saturated carbocycles. The van der Waals surface area contributed by atoms with Gasteiger partial charge in [-0.2, -0.15) is 0 Å². The number of nitro benzene ring substituents is 1. The lowest BCUT2D eigenvalue weighted by molar-refractivity contribution is -0.384. The second-order valence-corrected chi connectivity index (χ2v) is 11.1. The molecule has 0 radical (unpaired) electrons. The summed E-state index contributed by atoms with van der Waals surface area (Å²) in [5.41, 5.74) is 3.83. The molecule has 43 heavy (non-hydrogen) atoms. The van der Waals surface area contributed by atoms with Gasteiger partial charge in [0.25, 0.3) is 17.5 Å². The number of amides is 3. The van der Waals surface area contributed by atoms with E-state index in [2.05, 4.69) is 16.0 Å². The highest BCUT2D eigenvalue weighted by Gasteiger charge is 2.18. The summed E-state index contributed by atoms with van der Waals surface area (Å²) in [4.78, 5) is 50.3. The van der Waals surface area contributed by atoms with Gasteiger partial charge in [0.15, 0.2) is 0 Å². The van der Waals surface area contributed by atoms with Gasteiger partial charge >= 0.3 is 0 Å². The molecule has 3 N–H and O–H groups in total. The Kier molecular flexibility index (Phi) is 10.1. The Balaban J connectivity index is 1.42. The molecule has 0 bridgehead atoms. The summed E-state index contributed by atoms with van der Waals surface area (Å²) in [6.07, 6.45) is 1.64. The number of anilines is 2. The molecule has 10 heteroatoms. The number of hydrogen-bond acceptors (Lipinski definition) is 6. The van der Waals surface area contributed by atoms with Crippen LogP contribution >= 0.6 is 11.8 Å². The topological polar surface area (TPSA) is 130 Å². The first kappa shape index (κ1) is 30.7. The Morgan fingerprint density at radius 2 is 1.51 bits per heavy atom. The Labute approximate surface area is 253 Å². The van der Waals surface area contributed by atoms with Gasteiger partial charge in [-0.25, -0.2) is 0 Å². The molecule has 1 unspecified atom stereocenters. The van der Waals surface area contributed by atoms with E-state index in [0.717, 1.165) is 16.0 Å². The second kappa shape index (κ2) is 14.1. The molecule has 1 atom stereocenters. The zero-order valence-corrected chi connectivity index (χ0v) is 24.6. The largest absolute Gasteiger partial charge is 0.325 e. The van der Waals surface area contributed by atoms with Gasteiger partial charge in [-0.3, -0.25) is 24.5 Å². The minimum absolute atomic E-state index is 0.0403. The Morgan fingerprint density at radius 3 is 2.16 bits per heavy atom. The fraction of sp³-hybridized carbons (Fsp3) is 0.121. The van der Waals surface area contributed by atoms with Crippen molar-refractivity contribution in [2.24, 2.45) is 0 Å². The van der Waals surface area contributed by atoms with Crippen molar-refractivity contribution in [3.8, 4) is 0 Å². The molecule has 4 rings (SSSR count). The third-order valence-corrected chi connectivity index (χ3v) is 7.60. The summed E-state index contributed by atoms with van der Waals surface area (Å²) in [5.74, 6) is -1.14. The van der Waals surface area contributed by atoms with Crippen LogP contribution in [0.15, 0.2) is 108 Å². The van der Waals surface area contributed by atoms with Crippen LogP contribution in [0, 0.1) is 24.0 Å². The predicted molar refractivity (Wildman–Crippen MR) is 170 cm³/mol. The monoisotopic (exact) mass is 594 g/mol. The standard InChI is InChI=1S/C33H30N4O5S/c1-21-9-7-8-12-25(21)20-30(36-32(39)24-10-5-4-6-11-24)33(40)34-26-13-16-28(17-14-26)43-23(3)31(38)35-29-18-15-27(37(41)42)19-22(29)2/h4-20,23H,1-3H3,(H,34,40)(H,35,38)(H,36,39)/b30-20-. The van der Waals surface area contributed by atoms with E-state index in [0.29, 0.717) is 22.5 Å². The highest BCUT2D eigenvalue weighted by molar-refractivity contribution is 8.00. The van der Waals surface area contributed by atoms with Crippen LogP contribution in [0.5, 0.6) is 0 Å². The van der Waals surface area contributed by atoms with Crippen molar-refractivity contribution >= 4 is 52.6 Å². The van der Waals surface area contributed by atoms with Crippen LogP contribution in [0.25, 0.3) is 6.08 Å². The second-order valence-electron chi connectivity index (χ2n) is 9.72. The van der Waals surface area contributed by atoms with Crippen LogP contribution in [-0.4, -0.2) is 27.9 Å². The van der Waals surface area contributed by atoms with Crippen molar-refractivity contribution < 1.29 is 19.3 Å². The van der Waals surface area contributed by atoms with Crippen molar-refractivity contribution in [3.63, 3.8) is 0 Å². The lowest BCUT2D eigenvalue weighted by Crippen LogP contribution is -2.30. The minimum Gasteiger partial charge on any atom is -0.325 e. The van der Waals surface area contributed by atoms with Crippen molar-refractivity contribution in [1.29, 1.82) is 0 Å². The van der Waals surface area contributed by atoms with Gasteiger partial charge in [0.1, 0.15) is 5.70 Å². The van der Waals surface area contributed by atoms with Crippen LogP contribution in [0.4, 0.5) is 17.1 Å². The zero-order valence-electron chi connectivity index (χ0n) is 23.8. The molecule has 4 aromatic carbocycles. The fourth-order valence-corrected chi connectivity index (χ4v) is 4.92. The lowest BCUT2D eigenvalue weighted by atomic mass is 10.1. The SMILES string of the molecule is Cc1ccccc1/C=C(\NC(=O)c1ccccc1)C(=O)Nc1ccc(SC(C)C(=O)Nc2ccc([N+](=O)[O-])cc2C)cc1. The molecule has 4 aromatic rings. The Morgan fingerprint density at radius 1 is 0.837 bits per heavy atom. The molecule has 0 aliphatic heterocycles. The average Bonchev–Trinajstić information content (AvgIpc) is 3.00. The number of carbonyl (C=O) groups excluding carboxylic acids is 3. The molecular weight excluding hydrogens is 564 g/mol. The number of rotatable bonds is 10. The van der Waals surface area contributed by atoms with Crippen molar-refractivity contribution in [2.75, 3.05) is 10.6 Å². The zero-order chi connectivity index (χ0) is 30.9. The normalized spacial score (nSPS) is 11.7. The molecule has 0 spiro atoms. The molecule has 0 fully saturated rings. The molecule has 0 aliphatic carbocycles. The van der Waals surface area contributed by atoms with Gasteiger partial charge < -0.3 is 16.0 Å². The van der Waals surface area contributed by atoms with E-state index >= 15 is 0 Å². The van der Waals surface area contributed by atoms with E-state index in [1.54, 1.807) is 68.5 Å². The van der Waals surface area contributed by atoms with E-state index in [9.17, 15) is 24.5 Å². The smallest absolute Gasteiger partial charge is 0.272 e. The van der Waals surface area contributed by atoms with E-state index in [4.69, 9.17) is 0 Å². The summed E-state index contributed by atoms with van der Waals surface area (Å²) >= 11 is 1.33. The van der Waals surface area contributed by atoms with Crippen LogP contribution in [0.2, 0.25) is 0 Å². The van der Waals surface area contributed by atoms with Gasteiger partial charge in [-0.05, 0) is 86.0 Å². The van der Waals surface area contributed by atoms with Crippen molar-refractivity contribution in [2.45, 2.75) is 30.9 Å². The minimum atomic E-state index is -0.487. The summed E-state index contributed by atoms with van der Waals surface area (Å²) < 4.78 is 0. The molecule has 0 saturated heterocycles. The van der Waals surface area contributed by atoms with Gasteiger partial charge in [-0.15, -0.1) is 11.8 Å². The number of benzene rings is 4. The van der Waals surface area contributed by atoms with Gasteiger partial charge in [0.05, 0.1) is 10.2 Å². The molecule has 0 aromatic heterocycles. The number of thioether (sulfide) groups is 1. The maximum absolute atomic E-state index is 13.3. The Bertz CT molecular complexity index is 1690. The van der Waals surface area contributed by atoms with Crippen molar-refractivity contribution in [3.05, 3.63) is 135 Å². The third kappa shape index (κ3) is 8.40. The fourth-order valence-electron chi connectivity index (χ4n) is 4.06. The number of hydrogen-bond donors (Lipinski definition) is 3. The number of nitro groups is 1. The molecular formula is C33H30N4O5S. The first-order valence-electron chi connectivity index (χ1n) is 13.4. The lowest BCUT2D eigenvalue weighted by Gasteiger charge is -2.14. The molecule has 3 amide bonds. The quantitative estimate of drug-likeness (QED) is 0.0807. The molecule has 218 valence electrons. The van der Waals surface area contributed by atoms with Crippen LogP contribution in [0.3, 0.4) is 0 Å². The number of nitrogens with one attached hydrogen (secondary N) is 3. The average molecular weight is 595 g/mol. The van der Waals surface area contributed by atoms with Crippen LogP contribution < -0.4 is 16.0 Å². The maximum Gasteiger partial charge on any atom is 0.272 e. The number of nitrogens with zero attached hydrogens (tertiary/aromatic N) is 1. The van der Waals surface area contributed by atoms with Gasteiger partial charge in [-0.1, -0.05) is 42.5 Å². The highest BCUT2D eigenvalue weighted by Crippen LogP contribution is 2.27. The van der Waals surface area contributed by atoms with Crippen LogP contribution in [0.1, 0.15) is 34.0 Å². The van der Waals surface area contributed by atoms with E-state index in [-0.39, 0.29) is 17.3 Å². The van der Waals surface area contributed by atoms with Crippen LogP contribution in [-0.2, 0) is 9.59 Å². The maximum atomic E-state index is 13.3. The number of aryl methyl sites for hydroxylation is 2. The van der Waals surface area contributed by atoms with Crippen molar-refractivity contribution in [1.82, 2.24) is 5.32 Å². The van der Waals surface area contributed by atoms with E-state index in [1.165, 1.54) is 30.0 Å². The molecule has 9 nitrogen and oxygen atoms in total. The van der Waals surface area contributed by atoms with E-state index in [1.807, 2.05) is 37.3 Å². The predicted octanol–water partition coefficient (Wildman–Crippen LogP) is 6.74. The first-order chi connectivity index (χ1) is 20.6. The number of carbonyl (C=O) groups is 3. The molecule has 0 aliphatic rings. The van der Waals surface area contributed by atoms with E-state index < -0.39 is 22.0 Å². The summed E-state index contributed by atoms with van der Waals surface area (Å²) in [7, 11) is 0. The highest BCUT2D eigenvalue weighted by atomic mass is 32.2. The Hall–Kier alpha value is -5.22.